The van der Waals surface area contributed by atoms with Crippen LogP contribution < -0.4 is 5.32 Å². The lowest BCUT2D eigenvalue weighted by molar-refractivity contribution is -0.248. The Labute approximate surface area is 161 Å². The Bertz CT molecular complexity index is 159. The van der Waals surface area contributed by atoms with Crippen molar-refractivity contribution >= 4 is 0 Å². The summed E-state index contributed by atoms with van der Waals surface area (Å²) in [7, 11) is 2.92. The third kappa shape index (κ3) is 40.1. The second kappa shape index (κ2) is 35.1. The van der Waals surface area contributed by atoms with Crippen molar-refractivity contribution in [1.82, 2.24) is 5.32 Å². The molecule has 0 heterocycles. The summed E-state index contributed by atoms with van der Waals surface area (Å²) in [5.74, 6) is 0. The molecule has 0 spiro atoms. The van der Waals surface area contributed by atoms with Crippen LogP contribution in [0.1, 0.15) is 119 Å². The van der Waals surface area contributed by atoms with E-state index in [9.17, 15) is 0 Å². The van der Waals surface area contributed by atoms with Crippen LogP contribution in [-0.2, 0) is 9.78 Å². The Balaban J connectivity index is -0.000000330. The van der Waals surface area contributed by atoms with E-state index in [1.54, 1.807) is 0 Å². The number of hydrogen-bond acceptors (Lipinski definition) is 3. The van der Waals surface area contributed by atoms with Crippen molar-refractivity contribution in [2.75, 3.05) is 27.3 Å². The predicted octanol–water partition coefficient (Wildman–Crippen LogP) is 7.54. The first-order chi connectivity index (χ1) is 11.3. The maximum absolute atomic E-state index is 4.04. The van der Waals surface area contributed by atoms with Gasteiger partial charge in [0.15, 0.2) is 0 Å². The molecule has 0 unspecified atom stereocenters. The van der Waals surface area contributed by atoms with E-state index in [-0.39, 0.29) is 14.9 Å². The lowest BCUT2D eigenvalue weighted by Gasteiger charge is -2.05. The molecule has 0 rings (SSSR count). The van der Waals surface area contributed by atoms with Crippen molar-refractivity contribution in [1.29, 1.82) is 0 Å². The zero-order chi connectivity index (χ0) is 17.4. The van der Waals surface area contributed by atoms with Crippen molar-refractivity contribution in [3.63, 3.8) is 0 Å². The fourth-order valence-corrected chi connectivity index (χ4v) is 2.54. The van der Waals surface area contributed by atoms with Crippen molar-refractivity contribution in [3.05, 3.63) is 0 Å². The normalized spacial score (nSPS) is 9.60. The average molecular weight is 364 g/mol. The molecule has 0 aliphatic heterocycles. The maximum atomic E-state index is 4.04. The van der Waals surface area contributed by atoms with Crippen LogP contribution in [0.15, 0.2) is 0 Å². The predicted molar refractivity (Wildman–Crippen MR) is 116 cm³/mol. The van der Waals surface area contributed by atoms with Crippen molar-refractivity contribution < 1.29 is 9.78 Å². The van der Waals surface area contributed by atoms with Gasteiger partial charge in [0.25, 0.3) is 0 Å². The zero-order valence-electron chi connectivity index (χ0n) is 16.6. The second-order valence-corrected chi connectivity index (χ2v) is 6.33. The Morgan fingerprint density at radius 1 is 0.480 bits per heavy atom. The van der Waals surface area contributed by atoms with Gasteiger partial charge in [-0.3, -0.25) is 0 Å². The van der Waals surface area contributed by atoms with Crippen LogP contribution in [0, 0.1) is 0 Å². The first-order valence-electron chi connectivity index (χ1n) is 10.1. The van der Waals surface area contributed by atoms with Crippen LogP contribution in [-0.4, -0.2) is 27.3 Å². The van der Waals surface area contributed by atoms with Gasteiger partial charge in [0.2, 0.25) is 0 Å². The summed E-state index contributed by atoms with van der Waals surface area (Å²) in [4.78, 5) is 8.08. The summed E-state index contributed by atoms with van der Waals surface area (Å²) < 4.78 is 0. The van der Waals surface area contributed by atoms with Crippen LogP contribution in [0.5, 0.6) is 0 Å². The summed E-state index contributed by atoms with van der Waals surface area (Å²) >= 11 is 0. The molecule has 3 heteroatoms. The topological polar surface area (TPSA) is 30.5 Å². The standard InChI is InChI=1S/C18H39N.C2H6O2.2CH4/c1-3-5-7-9-11-12-14-16-18-19-17-15-13-10-8-6-4-2;1-3-4-2;;/h19H,3-18H2,1-2H3;1-2H3;2*1H4. The maximum Gasteiger partial charge on any atom is 0.0712 e. The Morgan fingerprint density at radius 2 is 0.760 bits per heavy atom. The minimum absolute atomic E-state index is 0. The van der Waals surface area contributed by atoms with Crippen molar-refractivity contribution in [3.8, 4) is 0 Å². The number of unbranched alkanes of at least 4 members (excludes halogenated alkanes) is 12. The lowest BCUT2D eigenvalue weighted by Crippen LogP contribution is -2.16. The zero-order valence-corrected chi connectivity index (χ0v) is 16.6. The number of nitrogens with one attached hydrogen (secondary N) is 1. The third-order valence-electron chi connectivity index (χ3n) is 4.08. The summed E-state index contributed by atoms with van der Waals surface area (Å²) in [6.07, 6.45) is 19.9. The molecule has 0 aromatic rings. The monoisotopic (exact) mass is 363 g/mol. The molecular weight excluding hydrogens is 310 g/mol. The van der Waals surface area contributed by atoms with Gasteiger partial charge < -0.3 is 5.32 Å². The quantitative estimate of drug-likeness (QED) is 0.164. The molecule has 0 aromatic heterocycles. The highest BCUT2D eigenvalue weighted by atomic mass is 17.2. The van der Waals surface area contributed by atoms with E-state index in [1.807, 2.05) is 0 Å². The van der Waals surface area contributed by atoms with Crippen LogP contribution in [0.25, 0.3) is 0 Å². The summed E-state index contributed by atoms with van der Waals surface area (Å²) in [6, 6.07) is 0. The molecule has 0 fully saturated rings. The van der Waals surface area contributed by atoms with E-state index in [0.717, 1.165) is 0 Å². The van der Waals surface area contributed by atoms with E-state index in [2.05, 4.69) is 28.9 Å². The SMILES string of the molecule is C.C.CCCCCCCCCCNCCCCCCCC.COOC. The fourth-order valence-electron chi connectivity index (χ4n) is 2.54. The van der Waals surface area contributed by atoms with Gasteiger partial charge in [-0.15, -0.1) is 0 Å². The van der Waals surface area contributed by atoms with Crippen molar-refractivity contribution in [2.24, 2.45) is 0 Å². The summed E-state index contributed by atoms with van der Waals surface area (Å²) in [6.45, 7) is 7.05. The number of hydrogen-bond donors (Lipinski definition) is 1. The molecule has 0 amide bonds. The van der Waals surface area contributed by atoms with Crippen molar-refractivity contribution in [2.45, 2.75) is 119 Å². The largest absolute Gasteiger partial charge is 0.317 e. The molecule has 3 nitrogen and oxygen atoms in total. The highest BCUT2D eigenvalue weighted by Gasteiger charge is 1.93. The van der Waals surface area contributed by atoms with E-state index in [0.29, 0.717) is 0 Å². The van der Waals surface area contributed by atoms with E-state index >= 15 is 0 Å². The molecule has 0 aliphatic carbocycles. The Hall–Kier alpha value is -0.120. The van der Waals surface area contributed by atoms with Gasteiger partial charge in [-0.1, -0.05) is 106 Å². The lowest BCUT2D eigenvalue weighted by atomic mass is 10.1. The van der Waals surface area contributed by atoms with E-state index < -0.39 is 0 Å². The van der Waals surface area contributed by atoms with Gasteiger partial charge in [0.1, 0.15) is 0 Å². The molecule has 0 atom stereocenters. The Morgan fingerprint density at radius 3 is 1.04 bits per heavy atom. The van der Waals surface area contributed by atoms with E-state index in [1.165, 1.54) is 117 Å². The first-order valence-corrected chi connectivity index (χ1v) is 10.1. The highest BCUT2D eigenvalue weighted by Crippen LogP contribution is 2.08. The van der Waals surface area contributed by atoms with Gasteiger partial charge in [-0.25, -0.2) is 9.78 Å². The minimum Gasteiger partial charge on any atom is -0.317 e. The smallest absolute Gasteiger partial charge is 0.0712 e. The molecule has 0 saturated carbocycles. The molecular formula is C22H53NO2. The van der Waals surface area contributed by atoms with Gasteiger partial charge >= 0.3 is 0 Å². The molecule has 0 bridgehead atoms. The summed E-state index contributed by atoms with van der Waals surface area (Å²) in [5, 5.41) is 3.59. The summed E-state index contributed by atoms with van der Waals surface area (Å²) in [5.41, 5.74) is 0. The molecule has 158 valence electrons. The van der Waals surface area contributed by atoms with Gasteiger partial charge in [-0.05, 0) is 25.9 Å². The molecule has 25 heavy (non-hydrogen) atoms. The van der Waals surface area contributed by atoms with Crippen LogP contribution in [0.2, 0.25) is 0 Å². The number of rotatable bonds is 17. The third-order valence-corrected chi connectivity index (χ3v) is 4.08. The highest BCUT2D eigenvalue weighted by molar-refractivity contribution is 4.51. The molecule has 0 aromatic carbocycles. The minimum atomic E-state index is 0. The van der Waals surface area contributed by atoms with Gasteiger partial charge in [-0.2, -0.15) is 0 Å². The van der Waals surface area contributed by atoms with E-state index in [4.69, 9.17) is 0 Å². The molecule has 0 saturated heterocycles. The molecule has 1 N–H and O–H groups in total. The van der Waals surface area contributed by atoms with Gasteiger partial charge in [0.05, 0.1) is 14.2 Å². The Kier molecular flexibility index (Phi) is 45.7. The van der Waals surface area contributed by atoms with Crippen LogP contribution in [0.4, 0.5) is 0 Å². The first kappa shape index (κ1) is 32.5. The van der Waals surface area contributed by atoms with Crippen LogP contribution >= 0.6 is 0 Å². The molecule has 0 radical (unpaired) electrons. The molecule has 0 aliphatic rings. The average Bonchev–Trinajstić information content (AvgIpc) is 2.58. The van der Waals surface area contributed by atoms with Gasteiger partial charge in [0, 0.05) is 0 Å². The second-order valence-electron chi connectivity index (χ2n) is 6.33. The van der Waals surface area contributed by atoms with Crippen LogP contribution in [0.3, 0.4) is 0 Å². The fraction of sp³-hybridized carbons (Fsp3) is 1.00.